The molecular weight excluding hydrogens is 418 g/mol. The van der Waals surface area contributed by atoms with Crippen molar-refractivity contribution in [1.82, 2.24) is 5.32 Å². The van der Waals surface area contributed by atoms with Gasteiger partial charge in [-0.15, -0.1) is 0 Å². The van der Waals surface area contributed by atoms with Gasteiger partial charge in [-0.1, -0.05) is 30.3 Å². The molecule has 0 aliphatic rings. The number of nitrogens with one attached hydrogen (secondary N) is 1. The van der Waals surface area contributed by atoms with Crippen LogP contribution in [0.2, 0.25) is 0 Å². The second-order valence-corrected chi connectivity index (χ2v) is 6.39. The molecule has 170 valence electrons. The van der Waals surface area contributed by atoms with Crippen molar-refractivity contribution in [3.05, 3.63) is 65.7 Å². The summed E-state index contributed by atoms with van der Waals surface area (Å²) in [5.74, 6) is -2.96. The first-order valence-electron chi connectivity index (χ1n) is 9.27. The van der Waals surface area contributed by atoms with Crippen LogP contribution in [0.4, 0.5) is 5.69 Å². The number of ether oxygens (including phenoxy) is 1. The standard InChI is InChI=1S/C19H21N5O4.C2H4O2/c20-17(26)15(10-12-4-2-1-3-5-12)24-16(25)11-28-18(27)13-6-8-14(9-7-13)23-19(21)22;1-2(3)4/h1-9,15H,10-11H2,(H2,20,26)(H,24,25)(H4,21,22,23);1H3,(H,3,4). The monoisotopic (exact) mass is 443 g/mol. The van der Waals surface area contributed by atoms with Crippen molar-refractivity contribution in [3.63, 3.8) is 0 Å². The fourth-order valence-corrected chi connectivity index (χ4v) is 2.34. The number of carboxylic acids is 1. The number of carbonyl (C=O) groups is 4. The highest BCUT2D eigenvalue weighted by molar-refractivity contribution is 5.92. The third-order valence-electron chi connectivity index (χ3n) is 3.66. The van der Waals surface area contributed by atoms with Crippen LogP contribution in [0.15, 0.2) is 59.6 Å². The van der Waals surface area contributed by atoms with E-state index in [0.29, 0.717) is 5.69 Å². The van der Waals surface area contributed by atoms with Gasteiger partial charge in [-0.05, 0) is 29.8 Å². The second kappa shape index (κ2) is 13.0. The summed E-state index contributed by atoms with van der Waals surface area (Å²) in [6, 6.07) is 14.2. The Balaban J connectivity index is 0.00000118. The van der Waals surface area contributed by atoms with E-state index in [1.807, 2.05) is 30.3 Å². The zero-order valence-corrected chi connectivity index (χ0v) is 17.4. The molecular formula is C21H25N5O6. The minimum absolute atomic E-state index is 0.105. The summed E-state index contributed by atoms with van der Waals surface area (Å²) in [6.07, 6.45) is 0.238. The van der Waals surface area contributed by atoms with Gasteiger partial charge in [0.15, 0.2) is 12.6 Å². The Labute approximate surface area is 184 Å². The summed E-state index contributed by atoms with van der Waals surface area (Å²) in [4.78, 5) is 48.4. The molecule has 0 aliphatic heterocycles. The smallest absolute Gasteiger partial charge is 0.338 e. The molecule has 0 heterocycles. The fourth-order valence-electron chi connectivity index (χ4n) is 2.34. The van der Waals surface area contributed by atoms with Crippen molar-refractivity contribution in [2.75, 3.05) is 6.61 Å². The molecule has 1 unspecified atom stereocenters. The fraction of sp³-hybridized carbons (Fsp3) is 0.190. The molecule has 8 N–H and O–H groups in total. The van der Waals surface area contributed by atoms with Crippen molar-refractivity contribution >= 4 is 35.4 Å². The molecule has 0 spiro atoms. The molecule has 1 atom stereocenters. The highest BCUT2D eigenvalue weighted by Gasteiger charge is 2.19. The lowest BCUT2D eigenvalue weighted by atomic mass is 10.1. The molecule has 11 heteroatoms. The van der Waals surface area contributed by atoms with Crippen LogP contribution in [0, 0.1) is 0 Å². The van der Waals surface area contributed by atoms with Gasteiger partial charge in [0, 0.05) is 13.3 Å². The topological polar surface area (TPSA) is 200 Å². The van der Waals surface area contributed by atoms with Crippen LogP contribution in [0.25, 0.3) is 0 Å². The minimum atomic E-state index is -0.910. The van der Waals surface area contributed by atoms with Crippen molar-refractivity contribution in [3.8, 4) is 0 Å². The SMILES string of the molecule is CC(=O)O.NC(=O)C(Cc1ccccc1)NC(=O)COC(=O)c1ccc(N=C(N)N)cc1. The van der Waals surface area contributed by atoms with Crippen LogP contribution < -0.4 is 22.5 Å². The summed E-state index contributed by atoms with van der Waals surface area (Å²) >= 11 is 0. The third kappa shape index (κ3) is 10.4. The van der Waals surface area contributed by atoms with Crippen molar-refractivity contribution in [2.45, 2.75) is 19.4 Å². The van der Waals surface area contributed by atoms with Gasteiger partial charge < -0.3 is 32.4 Å². The quantitative estimate of drug-likeness (QED) is 0.214. The van der Waals surface area contributed by atoms with Crippen LogP contribution in [0.5, 0.6) is 0 Å². The van der Waals surface area contributed by atoms with Crippen LogP contribution in [-0.4, -0.2) is 47.5 Å². The normalized spacial score (nSPS) is 10.5. The maximum absolute atomic E-state index is 12.0. The van der Waals surface area contributed by atoms with Crippen molar-refractivity contribution < 1.29 is 29.0 Å². The zero-order valence-electron chi connectivity index (χ0n) is 17.4. The summed E-state index contributed by atoms with van der Waals surface area (Å²) in [7, 11) is 0. The van der Waals surface area contributed by atoms with E-state index in [0.717, 1.165) is 12.5 Å². The number of aliphatic imine (C=N–C) groups is 1. The Morgan fingerprint density at radius 1 is 1.00 bits per heavy atom. The van der Waals surface area contributed by atoms with Crippen LogP contribution in [-0.2, 0) is 25.5 Å². The third-order valence-corrected chi connectivity index (χ3v) is 3.66. The van der Waals surface area contributed by atoms with E-state index in [-0.39, 0.29) is 17.9 Å². The molecule has 32 heavy (non-hydrogen) atoms. The zero-order chi connectivity index (χ0) is 24.1. The Bertz CT molecular complexity index is 952. The van der Waals surface area contributed by atoms with Crippen molar-refractivity contribution in [2.24, 2.45) is 22.2 Å². The Kier molecular flexibility index (Phi) is 10.4. The van der Waals surface area contributed by atoms with Gasteiger partial charge in [0.25, 0.3) is 11.9 Å². The lowest BCUT2D eigenvalue weighted by molar-refractivity contribution is -0.134. The molecule has 11 nitrogen and oxygen atoms in total. The van der Waals surface area contributed by atoms with E-state index in [2.05, 4.69) is 10.3 Å². The summed E-state index contributed by atoms with van der Waals surface area (Å²) in [6.45, 7) is 0.535. The molecule has 2 amide bonds. The van der Waals surface area contributed by atoms with E-state index >= 15 is 0 Å². The lowest BCUT2D eigenvalue weighted by Crippen LogP contribution is -2.47. The number of hydrogen-bond donors (Lipinski definition) is 5. The predicted octanol–water partition coefficient (Wildman–Crippen LogP) is 0.0520. The number of primary amides is 1. The number of carboxylic acid groups (broad SMARTS) is 1. The number of benzene rings is 2. The first kappa shape index (κ1) is 25.6. The Morgan fingerprint density at radius 2 is 1.56 bits per heavy atom. The summed E-state index contributed by atoms with van der Waals surface area (Å²) in [5.41, 5.74) is 17.4. The number of nitrogens with two attached hydrogens (primary N) is 3. The Morgan fingerprint density at radius 3 is 2.06 bits per heavy atom. The number of esters is 1. The number of hydrogen-bond acceptors (Lipinski definition) is 6. The molecule has 0 bridgehead atoms. The van der Waals surface area contributed by atoms with Crippen LogP contribution >= 0.6 is 0 Å². The minimum Gasteiger partial charge on any atom is -0.481 e. The van der Waals surface area contributed by atoms with E-state index in [1.165, 1.54) is 24.3 Å². The average molecular weight is 443 g/mol. The van der Waals surface area contributed by atoms with E-state index in [4.69, 9.17) is 31.8 Å². The molecule has 0 aliphatic carbocycles. The largest absolute Gasteiger partial charge is 0.481 e. The number of rotatable bonds is 8. The van der Waals surface area contributed by atoms with Crippen molar-refractivity contribution in [1.29, 1.82) is 0 Å². The molecule has 0 saturated carbocycles. The van der Waals surface area contributed by atoms with Gasteiger partial charge in [-0.3, -0.25) is 14.4 Å². The number of guanidine groups is 1. The highest BCUT2D eigenvalue weighted by Crippen LogP contribution is 2.13. The molecule has 0 radical (unpaired) electrons. The number of aliphatic carboxylic acids is 1. The lowest BCUT2D eigenvalue weighted by Gasteiger charge is -2.15. The Hall–Kier alpha value is -4.41. The average Bonchev–Trinajstić information content (AvgIpc) is 2.72. The molecule has 0 fully saturated rings. The van der Waals surface area contributed by atoms with Gasteiger partial charge in [0.1, 0.15) is 6.04 Å². The van der Waals surface area contributed by atoms with Gasteiger partial charge >= 0.3 is 5.97 Å². The van der Waals surface area contributed by atoms with E-state index < -0.39 is 36.4 Å². The first-order chi connectivity index (χ1) is 15.1. The van der Waals surface area contributed by atoms with Crippen LogP contribution in [0.3, 0.4) is 0 Å². The van der Waals surface area contributed by atoms with Gasteiger partial charge in [0.05, 0.1) is 11.3 Å². The van der Waals surface area contributed by atoms with E-state index in [9.17, 15) is 14.4 Å². The van der Waals surface area contributed by atoms with Gasteiger partial charge in [0.2, 0.25) is 5.91 Å². The van der Waals surface area contributed by atoms with Crippen LogP contribution in [0.1, 0.15) is 22.8 Å². The molecule has 0 aromatic heterocycles. The molecule has 2 aromatic rings. The second-order valence-electron chi connectivity index (χ2n) is 6.39. The molecule has 0 saturated heterocycles. The number of nitrogens with zero attached hydrogens (tertiary/aromatic N) is 1. The predicted molar refractivity (Wildman–Crippen MR) is 117 cm³/mol. The van der Waals surface area contributed by atoms with Gasteiger partial charge in [-0.25, -0.2) is 9.79 Å². The molecule has 2 rings (SSSR count). The maximum Gasteiger partial charge on any atom is 0.338 e. The summed E-state index contributed by atoms with van der Waals surface area (Å²) in [5, 5.41) is 9.88. The highest BCUT2D eigenvalue weighted by atomic mass is 16.5. The van der Waals surface area contributed by atoms with Gasteiger partial charge in [-0.2, -0.15) is 0 Å². The van der Waals surface area contributed by atoms with E-state index in [1.54, 1.807) is 0 Å². The molecule has 2 aromatic carbocycles. The number of amides is 2. The first-order valence-corrected chi connectivity index (χ1v) is 9.27. The number of carbonyl (C=O) groups excluding carboxylic acids is 3. The summed E-state index contributed by atoms with van der Waals surface area (Å²) < 4.78 is 4.95. The maximum atomic E-state index is 12.0.